The van der Waals surface area contributed by atoms with Gasteiger partial charge in [-0.15, -0.1) is 0 Å². The van der Waals surface area contributed by atoms with Crippen molar-refractivity contribution in [1.29, 1.82) is 0 Å². The van der Waals surface area contributed by atoms with E-state index in [2.05, 4.69) is 21.0 Å². The molecule has 3 rings (SSSR count). The van der Waals surface area contributed by atoms with E-state index in [4.69, 9.17) is 5.73 Å². The number of aryl methyl sites for hydroxylation is 1. The molecule has 0 spiro atoms. The third-order valence-electron chi connectivity index (χ3n) is 3.03. The van der Waals surface area contributed by atoms with Crippen molar-refractivity contribution in [3.63, 3.8) is 0 Å². The fourth-order valence-corrected chi connectivity index (χ4v) is 2.10. The highest BCUT2D eigenvalue weighted by Crippen LogP contribution is 2.18. The van der Waals surface area contributed by atoms with Crippen LogP contribution in [-0.4, -0.2) is 25.9 Å². The second-order valence-electron chi connectivity index (χ2n) is 4.35. The Morgan fingerprint density at radius 3 is 2.84 bits per heavy atom. The summed E-state index contributed by atoms with van der Waals surface area (Å²) < 4.78 is 1.97. The zero-order valence-corrected chi connectivity index (χ0v) is 10.5. The molecular formula is C14H15N5. The predicted molar refractivity (Wildman–Crippen MR) is 73.6 cm³/mol. The molecule has 0 aliphatic heterocycles. The standard InChI is InChI=1S/C14H15N5/c15-5-1-2-12-10-11(3-6-16-12)14-18-7-4-13-17-8-9-19(13)14/h3-4,6-10H,1-2,5,15H2. The van der Waals surface area contributed by atoms with Gasteiger partial charge in [-0.3, -0.25) is 9.38 Å². The van der Waals surface area contributed by atoms with Crippen LogP contribution < -0.4 is 5.73 Å². The van der Waals surface area contributed by atoms with Gasteiger partial charge >= 0.3 is 0 Å². The van der Waals surface area contributed by atoms with Crippen molar-refractivity contribution in [1.82, 2.24) is 19.4 Å². The molecule has 0 bridgehead atoms. The van der Waals surface area contributed by atoms with E-state index >= 15 is 0 Å². The number of fused-ring (bicyclic) bond motifs is 1. The Kier molecular flexibility index (Phi) is 3.20. The minimum absolute atomic E-state index is 0.682. The molecule has 0 aliphatic rings. The normalized spacial score (nSPS) is 11.0. The maximum absolute atomic E-state index is 5.53. The van der Waals surface area contributed by atoms with Crippen LogP contribution >= 0.6 is 0 Å². The van der Waals surface area contributed by atoms with Crippen LogP contribution in [-0.2, 0) is 6.42 Å². The molecule has 0 aromatic carbocycles. The van der Waals surface area contributed by atoms with Gasteiger partial charge in [0.25, 0.3) is 0 Å². The molecule has 0 unspecified atom stereocenters. The maximum Gasteiger partial charge on any atom is 0.145 e. The lowest BCUT2D eigenvalue weighted by Crippen LogP contribution is -2.02. The summed E-state index contributed by atoms with van der Waals surface area (Å²) in [6, 6.07) is 5.92. The van der Waals surface area contributed by atoms with Gasteiger partial charge in [-0.05, 0) is 37.6 Å². The molecule has 3 aromatic rings. The van der Waals surface area contributed by atoms with E-state index in [0.29, 0.717) is 6.54 Å². The van der Waals surface area contributed by atoms with E-state index in [1.165, 1.54) is 0 Å². The molecule has 0 saturated heterocycles. The molecule has 3 heterocycles. The SMILES string of the molecule is NCCCc1cc(-c2nccc3nccn23)ccn1. The van der Waals surface area contributed by atoms with Crippen LogP contribution in [0.4, 0.5) is 0 Å². The Labute approximate surface area is 111 Å². The van der Waals surface area contributed by atoms with Gasteiger partial charge in [-0.1, -0.05) is 0 Å². The van der Waals surface area contributed by atoms with Crippen molar-refractivity contribution >= 4 is 5.65 Å². The molecule has 2 N–H and O–H groups in total. The smallest absolute Gasteiger partial charge is 0.145 e. The molecule has 0 saturated carbocycles. The molecule has 0 atom stereocenters. The summed E-state index contributed by atoms with van der Waals surface area (Å²) in [5.74, 6) is 0.881. The van der Waals surface area contributed by atoms with Crippen molar-refractivity contribution in [2.24, 2.45) is 5.73 Å². The van der Waals surface area contributed by atoms with E-state index in [1.54, 1.807) is 12.4 Å². The average Bonchev–Trinajstić information content (AvgIpc) is 2.93. The van der Waals surface area contributed by atoms with E-state index in [1.807, 2.05) is 28.9 Å². The number of imidazole rings is 1. The lowest BCUT2D eigenvalue weighted by atomic mass is 10.1. The van der Waals surface area contributed by atoms with Gasteiger partial charge in [-0.25, -0.2) is 9.97 Å². The fourth-order valence-electron chi connectivity index (χ4n) is 2.10. The highest BCUT2D eigenvalue weighted by molar-refractivity contribution is 5.59. The Bertz CT molecular complexity index is 689. The van der Waals surface area contributed by atoms with Crippen LogP contribution in [0.5, 0.6) is 0 Å². The van der Waals surface area contributed by atoms with Crippen molar-refractivity contribution in [3.05, 3.63) is 48.7 Å². The molecule has 0 fully saturated rings. The molecule has 19 heavy (non-hydrogen) atoms. The van der Waals surface area contributed by atoms with Gasteiger partial charge in [0.2, 0.25) is 0 Å². The van der Waals surface area contributed by atoms with Gasteiger partial charge in [0.15, 0.2) is 0 Å². The lowest BCUT2D eigenvalue weighted by Gasteiger charge is -2.06. The summed E-state index contributed by atoms with van der Waals surface area (Å²) in [7, 11) is 0. The number of aromatic nitrogens is 4. The number of pyridine rings is 1. The van der Waals surface area contributed by atoms with Crippen LogP contribution in [0, 0.1) is 0 Å². The summed E-state index contributed by atoms with van der Waals surface area (Å²) in [5.41, 5.74) is 8.52. The molecule has 0 aliphatic carbocycles. The summed E-state index contributed by atoms with van der Waals surface area (Å²) in [4.78, 5) is 13.1. The predicted octanol–water partition coefficient (Wildman–Crippen LogP) is 1.68. The summed E-state index contributed by atoms with van der Waals surface area (Å²) in [5, 5.41) is 0. The lowest BCUT2D eigenvalue weighted by molar-refractivity contribution is 0.810. The second kappa shape index (κ2) is 5.16. The number of rotatable bonds is 4. The van der Waals surface area contributed by atoms with Gasteiger partial charge in [-0.2, -0.15) is 0 Å². The minimum Gasteiger partial charge on any atom is -0.330 e. The van der Waals surface area contributed by atoms with Gasteiger partial charge in [0.1, 0.15) is 11.5 Å². The van der Waals surface area contributed by atoms with Crippen LogP contribution in [0.1, 0.15) is 12.1 Å². The van der Waals surface area contributed by atoms with Crippen LogP contribution in [0.2, 0.25) is 0 Å². The first kappa shape index (κ1) is 11.8. The number of nitrogens with zero attached hydrogens (tertiary/aromatic N) is 4. The maximum atomic E-state index is 5.53. The summed E-state index contributed by atoms with van der Waals surface area (Å²) in [6.07, 6.45) is 9.12. The second-order valence-corrected chi connectivity index (χ2v) is 4.35. The van der Waals surface area contributed by atoms with Crippen molar-refractivity contribution in [3.8, 4) is 11.4 Å². The average molecular weight is 253 g/mol. The van der Waals surface area contributed by atoms with Crippen LogP contribution in [0.25, 0.3) is 17.0 Å². The van der Waals surface area contributed by atoms with Crippen LogP contribution in [0.15, 0.2) is 43.0 Å². The summed E-state index contributed by atoms with van der Waals surface area (Å²) >= 11 is 0. The number of hydrogen-bond acceptors (Lipinski definition) is 4. The Morgan fingerprint density at radius 2 is 1.95 bits per heavy atom. The minimum atomic E-state index is 0.682. The Balaban J connectivity index is 2.03. The molecular weight excluding hydrogens is 238 g/mol. The van der Waals surface area contributed by atoms with Gasteiger partial charge < -0.3 is 5.73 Å². The first-order valence-corrected chi connectivity index (χ1v) is 6.32. The number of hydrogen-bond donors (Lipinski definition) is 1. The first-order valence-electron chi connectivity index (χ1n) is 6.32. The van der Waals surface area contributed by atoms with E-state index in [0.717, 1.165) is 35.6 Å². The molecule has 5 heteroatoms. The van der Waals surface area contributed by atoms with E-state index in [-0.39, 0.29) is 0 Å². The highest BCUT2D eigenvalue weighted by atomic mass is 15.0. The highest BCUT2D eigenvalue weighted by Gasteiger charge is 2.06. The Morgan fingerprint density at radius 1 is 1.05 bits per heavy atom. The number of nitrogens with two attached hydrogens (primary N) is 1. The molecule has 96 valence electrons. The zero-order chi connectivity index (χ0) is 13.1. The Hall–Kier alpha value is -2.27. The van der Waals surface area contributed by atoms with Crippen molar-refractivity contribution < 1.29 is 0 Å². The molecule has 3 aromatic heterocycles. The van der Waals surface area contributed by atoms with Gasteiger partial charge in [0.05, 0.1) is 0 Å². The first-order chi connectivity index (χ1) is 9.38. The van der Waals surface area contributed by atoms with E-state index < -0.39 is 0 Å². The monoisotopic (exact) mass is 253 g/mol. The molecule has 0 radical (unpaired) electrons. The topological polar surface area (TPSA) is 69.1 Å². The zero-order valence-electron chi connectivity index (χ0n) is 10.5. The van der Waals surface area contributed by atoms with Crippen LogP contribution in [0.3, 0.4) is 0 Å². The van der Waals surface area contributed by atoms with Gasteiger partial charge in [0, 0.05) is 36.0 Å². The largest absolute Gasteiger partial charge is 0.330 e. The third-order valence-corrected chi connectivity index (χ3v) is 3.03. The van der Waals surface area contributed by atoms with Crippen molar-refractivity contribution in [2.45, 2.75) is 12.8 Å². The quantitative estimate of drug-likeness (QED) is 0.768. The summed E-state index contributed by atoms with van der Waals surface area (Å²) in [6.45, 7) is 0.682. The van der Waals surface area contributed by atoms with E-state index in [9.17, 15) is 0 Å². The van der Waals surface area contributed by atoms with Crippen molar-refractivity contribution in [2.75, 3.05) is 6.54 Å². The third kappa shape index (κ3) is 2.32. The fraction of sp³-hybridized carbons (Fsp3) is 0.214. The molecule has 5 nitrogen and oxygen atoms in total. The molecule has 0 amide bonds.